The predicted molar refractivity (Wildman–Crippen MR) is 40.5 cm³/mol. The first-order valence-corrected chi connectivity index (χ1v) is 2.79. The molecule has 1 aromatic rings. The zero-order valence-electron chi connectivity index (χ0n) is 5.33. The van der Waals surface area contributed by atoms with Gasteiger partial charge in [-0.15, -0.1) is 6.42 Å². The molecule has 0 fully saturated rings. The number of anilines is 1. The summed E-state index contributed by atoms with van der Waals surface area (Å²) in [6, 6.07) is 4.66. The van der Waals surface area contributed by atoms with E-state index in [-0.39, 0.29) is 5.75 Å². The van der Waals surface area contributed by atoms with Gasteiger partial charge >= 0.3 is 0 Å². The summed E-state index contributed by atoms with van der Waals surface area (Å²) in [6.45, 7) is 0. The highest BCUT2D eigenvalue weighted by molar-refractivity contribution is 5.56. The number of terminal acetylenes is 1. The van der Waals surface area contributed by atoms with Gasteiger partial charge in [0.1, 0.15) is 5.75 Å². The van der Waals surface area contributed by atoms with Gasteiger partial charge in [-0.3, -0.25) is 0 Å². The maximum Gasteiger partial charge on any atom is 0.138 e. The number of rotatable bonds is 0. The van der Waals surface area contributed by atoms with E-state index < -0.39 is 0 Å². The minimum atomic E-state index is 0.0685. The second kappa shape index (κ2) is 2.32. The van der Waals surface area contributed by atoms with Crippen LogP contribution in [0.5, 0.6) is 5.75 Å². The van der Waals surface area contributed by atoms with Gasteiger partial charge in [0.25, 0.3) is 0 Å². The molecule has 0 amide bonds. The Hall–Kier alpha value is -1.62. The van der Waals surface area contributed by atoms with Crippen LogP contribution in [-0.2, 0) is 0 Å². The van der Waals surface area contributed by atoms with Gasteiger partial charge in [-0.05, 0) is 18.2 Å². The molecule has 0 atom stereocenters. The van der Waals surface area contributed by atoms with Gasteiger partial charge in [0, 0.05) is 5.56 Å². The van der Waals surface area contributed by atoms with Crippen molar-refractivity contribution >= 4 is 5.69 Å². The van der Waals surface area contributed by atoms with Crippen molar-refractivity contribution in [1.29, 1.82) is 0 Å². The van der Waals surface area contributed by atoms with Gasteiger partial charge in [-0.25, -0.2) is 0 Å². The van der Waals surface area contributed by atoms with Gasteiger partial charge in [-0.1, -0.05) is 5.92 Å². The smallest absolute Gasteiger partial charge is 0.138 e. The van der Waals surface area contributed by atoms with E-state index in [1.54, 1.807) is 12.1 Å². The van der Waals surface area contributed by atoms with Crippen LogP contribution >= 0.6 is 0 Å². The lowest BCUT2D eigenvalue weighted by atomic mass is 10.2. The molecule has 1 rings (SSSR count). The molecular weight excluding hydrogens is 126 g/mol. The minimum absolute atomic E-state index is 0.0685. The van der Waals surface area contributed by atoms with E-state index in [1.807, 2.05) is 0 Å². The molecule has 0 saturated heterocycles. The number of aromatic hydroxyl groups is 1. The molecule has 3 N–H and O–H groups in total. The fourth-order valence-electron chi connectivity index (χ4n) is 0.644. The number of nitrogens with two attached hydrogens (primary N) is 1. The maximum absolute atomic E-state index is 8.95. The molecule has 2 nitrogen and oxygen atoms in total. The molecule has 10 heavy (non-hydrogen) atoms. The molecular formula is C8H7NO. The number of benzene rings is 1. The molecule has 0 saturated carbocycles. The summed E-state index contributed by atoms with van der Waals surface area (Å²) in [5.74, 6) is 2.47. The molecule has 0 aliphatic heterocycles. The summed E-state index contributed by atoms with van der Waals surface area (Å²) in [5, 5.41) is 8.95. The molecule has 0 heterocycles. The SMILES string of the molecule is C#Cc1ccc(O)c(N)c1. The molecule has 0 unspecified atom stereocenters. The average Bonchev–Trinajstić information content (AvgIpc) is 1.95. The van der Waals surface area contributed by atoms with Crippen molar-refractivity contribution in [2.24, 2.45) is 0 Å². The Labute approximate surface area is 59.3 Å². The molecule has 1 aromatic carbocycles. The molecule has 0 aromatic heterocycles. The van der Waals surface area contributed by atoms with E-state index >= 15 is 0 Å². The molecule has 0 aliphatic rings. The van der Waals surface area contributed by atoms with Gasteiger partial charge < -0.3 is 10.8 Å². The molecule has 50 valence electrons. The molecule has 0 radical (unpaired) electrons. The zero-order chi connectivity index (χ0) is 7.56. The van der Waals surface area contributed by atoms with Crippen molar-refractivity contribution in [2.45, 2.75) is 0 Å². The quantitative estimate of drug-likeness (QED) is 0.314. The Morgan fingerprint density at radius 1 is 1.50 bits per heavy atom. The first-order chi connectivity index (χ1) is 4.74. The second-order valence-corrected chi connectivity index (χ2v) is 1.92. The topological polar surface area (TPSA) is 46.2 Å². The number of phenolic OH excluding ortho intramolecular Hbond substituents is 1. The summed E-state index contributed by atoms with van der Waals surface area (Å²) in [4.78, 5) is 0. The lowest BCUT2D eigenvalue weighted by molar-refractivity contribution is 0.478. The van der Waals surface area contributed by atoms with Gasteiger partial charge in [0.15, 0.2) is 0 Å². The Bertz CT molecular complexity index is 286. The molecule has 0 spiro atoms. The maximum atomic E-state index is 8.95. The summed E-state index contributed by atoms with van der Waals surface area (Å²) in [7, 11) is 0. The average molecular weight is 133 g/mol. The summed E-state index contributed by atoms with van der Waals surface area (Å²) in [5.41, 5.74) is 6.34. The van der Waals surface area contributed by atoms with E-state index in [1.165, 1.54) is 6.07 Å². The molecule has 0 aliphatic carbocycles. The van der Waals surface area contributed by atoms with Crippen molar-refractivity contribution in [2.75, 3.05) is 5.73 Å². The van der Waals surface area contributed by atoms with E-state index in [0.29, 0.717) is 11.3 Å². The minimum Gasteiger partial charge on any atom is -0.506 e. The summed E-state index contributed by atoms with van der Waals surface area (Å²) in [6.07, 6.45) is 5.08. The molecule has 2 heteroatoms. The first-order valence-electron chi connectivity index (χ1n) is 2.79. The van der Waals surface area contributed by atoms with Crippen LogP contribution in [0.1, 0.15) is 5.56 Å². The first kappa shape index (κ1) is 6.50. The van der Waals surface area contributed by atoms with Crippen LogP contribution < -0.4 is 5.73 Å². The third-order valence-electron chi connectivity index (χ3n) is 1.19. The van der Waals surface area contributed by atoms with Crippen LogP contribution in [0, 0.1) is 12.3 Å². The van der Waals surface area contributed by atoms with Crippen LogP contribution in [-0.4, -0.2) is 5.11 Å². The Morgan fingerprint density at radius 2 is 2.20 bits per heavy atom. The number of hydrogen-bond donors (Lipinski definition) is 2. The van der Waals surface area contributed by atoms with Crippen molar-refractivity contribution in [3.05, 3.63) is 23.8 Å². The van der Waals surface area contributed by atoms with Crippen LogP contribution in [0.2, 0.25) is 0 Å². The van der Waals surface area contributed by atoms with Crippen molar-refractivity contribution in [3.63, 3.8) is 0 Å². The van der Waals surface area contributed by atoms with Crippen LogP contribution in [0.15, 0.2) is 18.2 Å². The van der Waals surface area contributed by atoms with Crippen LogP contribution in [0.25, 0.3) is 0 Å². The fourth-order valence-corrected chi connectivity index (χ4v) is 0.644. The largest absolute Gasteiger partial charge is 0.506 e. The van der Waals surface area contributed by atoms with E-state index in [9.17, 15) is 0 Å². The third-order valence-corrected chi connectivity index (χ3v) is 1.19. The lowest BCUT2D eigenvalue weighted by Gasteiger charge is -1.96. The Morgan fingerprint density at radius 3 is 2.70 bits per heavy atom. The summed E-state index contributed by atoms with van der Waals surface area (Å²) < 4.78 is 0. The Balaban J connectivity index is 3.20. The normalized spacial score (nSPS) is 8.70. The monoisotopic (exact) mass is 133 g/mol. The Kier molecular flexibility index (Phi) is 1.51. The highest BCUT2D eigenvalue weighted by atomic mass is 16.3. The van der Waals surface area contributed by atoms with E-state index in [4.69, 9.17) is 17.3 Å². The highest BCUT2D eigenvalue weighted by Gasteiger charge is 1.94. The van der Waals surface area contributed by atoms with Gasteiger partial charge in [0.2, 0.25) is 0 Å². The predicted octanol–water partition coefficient (Wildman–Crippen LogP) is 0.956. The molecule has 0 bridgehead atoms. The van der Waals surface area contributed by atoms with Gasteiger partial charge in [-0.2, -0.15) is 0 Å². The second-order valence-electron chi connectivity index (χ2n) is 1.92. The summed E-state index contributed by atoms with van der Waals surface area (Å²) >= 11 is 0. The van der Waals surface area contributed by atoms with Gasteiger partial charge in [0.05, 0.1) is 5.69 Å². The van der Waals surface area contributed by atoms with Crippen molar-refractivity contribution < 1.29 is 5.11 Å². The highest BCUT2D eigenvalue weighted by Crippen LogP contribution is 2.19. The lowest BCUT2D eigenvalue weighted by Crippen LogP contribution is -1.85. The zero-order valence-corrected chi connectivity index (χ0v) is 5.33. The van der Waals surface area contributed by atoms with Crippen LogP contribution in [0.4, 0.5) is 5.69 Å². The number of nitrogen functional groups attached to an aromatic ring is 1. The van der Waals surface area contributed by atoms with Crippen molar-refractivity contribution in [3.8, 4) is 18.1 Å². The van der Waals surface area contributed by atoms with E-state index in [2.05, 4.69) is 5.92 Å². The fraction of sp³-hybridized carbons (Fsp3) is 0. The van der Waals surface area contributed by atoms with Crippen molar-refractivity contribution in [1.82, 2.24) is 0 Å². The van der Waals surface area contributed by atoms with E-state index in [0.717, 1.165) is 0 Å². The van der Waals surface area contributed by atoms with Crippen LogP contribution in [0.3, 0.4) is 0 Å². The number of hydrogen-bond acceptors (Lipinski definition) is 2. The third kappa shape index (κ3) is 1.03. The standard InChI is InChI=1S/C8H7NO/c1-2-6-3-4-8(10)7(9)5-6/h1,3-5,10H,9H2. The number of phenols is 1.